The first kappa shape index (κ1) is 20.0. The van der Waals surface area contributed by atoms with Gasteiger partial charge in [-0.05, 0) is 36.8 Å². The van der Waals surface area contributed by atoms with Crippen molar-refractivity contribution >= 4 is 28.7 Å². The summed E-state index contributed by atoms with van der Waals surface area (Å²) >= 11 is 1.68. The molecular weight excluding hydrogens is 380 g/mol. The monoisotopic (exact) mass is 408 g/mol. The molecular formula is C23H28N4OS. The van der Waals surface area contributed by atoms with Gasteiger partial charge in [0.25, 0.3) is 0 Å². The van der Waals surface area contributed by atoms with E-state index in [1.54, 1.807) is 18.0 Å². The molecule has 3 aromatic rings. The third-order valence-corrected chi connectivity index (χ3v) is 6.53. The molecule has 0 N–H and O–H groups in total. The molecule has 2 aromatic heterocycles. The molecule has 1 fully saturated rings. The van der Waals surface area contributed by atoms with Crippen LogP contribution >= 0.6 is 11.8 Å². The van der Waals surface area contributed by atoms with Crippen LogP contribution in [0, 0.1) is 18.8 Å². The van der Waals surface area contributed by atoms with Crippen LogP contribution in [0.5, 0.6) is 0 Å². The van der Waals surface area contributed by atoms with E-state index in [0.29, 0.717) is 18.4 Å². The molecule has 2 atom stereocenters. The van der Waals surface area contributed by atoms with Gasteiger partial charge in [0, 0.05) is 25.0 Å². The van der Waals surface area contributed by atoms with Crippen molar-refractivity contribution in [1.82, 2.24) is 19.4 Å². The summed E-state index contributed by atoms with van der Waals surface area (Å²) in [5, 5.41) is 0.876. The van der Waals surface area contributed by atoms with Gasteiger partial charge in [-0.15, -0.1) is 0 Å². The molecule has 0 aliphatic carbocycles. The van der Waals surface area contributed by atoms with E-state index in [9.17, 15) is 4.79 Å². The zero-order valence-corrected chi connectivity index (χ0v) is 18.2. The van der Waals surface area contributed by atoms with Crippen LogP contribution in [0.3, 0.4) is 0 Å². The van der Waals surface area contributed by atoms with Crippen LogP contribution in [0.15, 0.2) is 47.9 Å². The first-order valence-corrected chi connectivity index (χ1v) is 11.2. The molecule has 3 heterocycles. The lowest BCUT2D eigenvalue weighted by atomic mass is 9.92. The number of rotatable bonds is 5. The number of hydrogen-bond acceptors (Lipinski definition) is 4. The number of fused-ring (bicyclic) bond motifs is 1. The van der Waals surface area contributed by atoms with Gasteiger partial charge < -0.3 is 9.47 Å². The lowest BCUT2D eigenvalue weighted by Gasteiger charge is -2.35. The third kappa shape index (κ3) is 4.64. The fourth-order valence-electron chi connectivity index (χ4n) is 4.26. The van der Waals surface area contributed by atoms with Crippen LogP contribution in [0.4, 0.5) is 0 Å². The Bertz CT molecular complexity index is 1010. The number of hydrogen-bond donors (Lipinski definition) is 0. The largest absolute Gasteiger partial charge is 0.341 e. The Morgan fingerprint density at radius 2 is 2.00 bits per heavy atom. The molecule has 0 radical (unpaired) electrons. The number of carbonyl (C=O) groups excluding carboxylic acids is 1. The number of aryl methyl sites for hydroxylation is 1. The number of nitrogens with zero attached hydrogens (tertiary/aromatic N) is 4. The number of imidazole rings is 1. The predicted octanol–water partition coefficient (Wildman–Crippen LogP) is 4.54. The Balaban J connectivity index is 1.57. The number of aromatic nitrogens is 3. The first-order valence-electron chi connectivity index (χ1n) is 10.3. The van der Waals surface area contributed by atoms with Gasteiger partial charge in [-0.1, -0.05) is 55.4 Å². The second-order valence-electron chi connectivity index (χ2n) is 8.37. The van der Waals surface area contributed by atoms with Crippen molar-refractivity contribution in [2.75, 3.05) is 13.1 Å². The molecule has 5 nitrogen and oxygen atoms in total. The summed E-state index contributed by atoms with van der Waals surface area (Å²) in [7, 11) is 0. The van der Waals surface area contributed by atoms with Crippen LogP contribution < -0.4 is 0 Å². The molecule has 0 unspecified atom stereocenters. The molecule has 4 rings (SSSR count). The maximum atomic E-state index is 13.1. The summed E-state index contributed by atoms with van der Waals surface area (Å²) in [6, 6.07) is 10.4. The van der Waals surface area contributed by atoms with Gasteiger partial charge in [0.05, 0.1) is 17.2 Å². The molecule has 29 heavy (non-hydrogen) atoms. The highest BCUT2D eigenvalue weighted by Crippen LogP contribution is 2.28. The minimum absolute atomic E-state index is 0.170. The first-order chi connectivity index (χ1) is 14.0. The Morgan fingerprint density at radius 3 is 2.76 bits per heavy atom. The Morgan fingerprint density at radius 1 is 1.21 bits per heavy atom. The number of likely N-dealkylation sites (tertiary alicyclic amines) is 1. The van der Waals surface area contributed by atoms with Crippen LogP contribution in [-0.4, -0.2) is 38.4 Å². The predicted molar refractivity (Wildman–Crippen MR) is 118 cm³/mol. The number of thioether (sulfide) groups is 1. The van der Waals surface area contributed by atoms with Gasteiger partial charge in [0.2, 0.25) is 5.91 Å². The molecule has 0 saturated carbocycles. The smallest absolute Gasteiger partial charge is 0.242 e. The van der Waals surface area contributed by atoms with Gasteiger partial charge in [-0.3, -0.25) is 9.78 Å². The SMILES string of the molecule is Cc1cccc(CSc2nc3ccncc3n2CC(=O)N2C[C@@H](C)C[C@H](C)C2)c1. The standard InChI is InChI=1S/C23H28N4OS/c1-16-5-4-6-19(10-16)15-29-23-25-20-7-8-24-11-21(20)27(23)14-22(28)26-12-17(2)9-18(3)13-26/h4-8,10-11,17-18H,9,12-15H2,1-3H3/t17-,18-/m0/s1. The van der Waals surface area contributed by atoms with Crippen molar-refractivity contribution in [2.45, 2.75) is 44.6 Å². The molecule has 0 bridgehead atoms. The topological polar surface area (TPSA) is 51.0 Å². The Labute approximate surface area is 176 Å². The van der Waals surface area contributed by atoms with Crippen molar-refractivity contribution in [3.05, 3.63) is 53.9 Å². The summed E-state index contributed by atoms with van der Waals surface area (Å²) in [5.41, 5.74) is 4.33. The fourth-order valence-corrected chi connectivity index (χ4v) is 5.22. The van der Waals surface area contributed by atoms with E-state index in [0.717, 1.165) is 35.0 Å². The van der Waals surface area contributed by atoms with Crippen molar-refractivity contribution in [2.24, 2.45) is 11.8 Å². The summed E-state index contributed by atoms with van der Waals surface area (Å²) in [6.45, 7) is 8.58. The highest BCUT2D eigenvalue weighted by Gasteiger charge is 2.26. The van der Waals surface area contributed by atoms with E-state index in [2.05, 4.69) is 50.0 Å². The highest BCUT2D eigenvalue weighted by molar-refractivity contribution is 7.98. The van der Waals surface area contributed by atoms with Gasteiger partial charge >= 0.3 is 0 Å². The average molecular weight is 409 g/mol. The minimum Gasteiger partial charge on any atom is -0.341 e. The van der Waals surface area contributed by atoms with Crippen molar-refractivity contribution in [3.63, 3.8) is 0 Å². The number of amides is 1. The second kappa shape index (κ2) is 8.57. The highest BCUT2D eigenvalue weighted by atomic mass is 32.2. The zero-order chi connectivity index (χ0) is 20.4. The molecule has 1 aliphatic rings. The molecule has 1 amide bonds. The lowest BCUT2D eigenvalue weighted by Crippen LogP contribution is -2.44. The maximum absolute atomic E-state index is 13.1. The van der Waals surface area contributed by atoms with E-state index in [1.807, 2.05) is 21.7 Å². The summed E-state index contributed by atoms with van der Waals surface area (Å²) < 4.78 is 2.04. The Hall–Kier alpha value is -2.34. The van der Waals surface area contributed by atoms with Crippen molar-refractivity contribution < 1.29 is 4.79 Å². The van der Waals surface area contributed by atoms with Gasteiger partial charge in [-0.2, -0.15) is 0 Å². The number of piperidine rings is 1. The van der Waals surface area contributed by atoms with Gasteiger partial charge in [0.15, 0.2) is 5.16 Å². The molecule has 1 aromatic carbocycles. The van der Waals surface area contributed by atoms with Gasteiger partial charge in [0.1, 0.15) is 6.54 Å². The van der Waals surface area contributed by atoms with Crippen molar-refractivity contribution in [1.29, 1.82) is 0 Å². The maximum Gasteiger partial charge on any atom is 0.242 e. The third-order valence-electron chi connectivity index (χ3n) is 5.48. The van der Waals surface area contributed by atoms with E-state index in [-0.39, 0.29) is 5.91 Å². The number of carbonyl (C=O) groups is 1. The summed E-state index contributed by atoms with van der Waals surface area (Å²) in [4.78, 5) is 24.2. The fraction of sp³-hybridized carbons (Fsp3) is 0.435. The van der Waals surface area contributed by atoms with Crippen molar-refractivity contribution in [3.8, 4) is 0 Å². The van der Waals surface area contributed by atoms with E-state index in [4.69, 9.17) is 4.98 Å². The van der Waals surface area contributed by atoms with E-state index < -0.39 is 0 Å². The summed E-state index contributed by atoms with van der Waals surface area (Å²) in [6.07, 6.45) is 4.76. The normalized spacial score (nSPS) is 19.6. The van der Waals surface area contributed by atoms with Crippen LogP contribution in [0.1, 0.15) is 31.4 Å². The summed E-state index contributed by atoms with van der Waals surface area (Å²) in [5.74, 6) is 2.10. The molecule has 1 aliphatic heterocycles. The van der Waals surface area contributed by atoms with E-state index >= 15 is 0 Å². The molecule has 1 saturated heterocycles. The van der Waals surface area contributed by atoms with Gasteiger partial charge in [-0.25, -0.2) is 4.98 Å². The number of pyridine rings is 1. The van der Waals surface area contributed by atoms with E-state index in [1.165, 1.54) is 17.5 Å². The zero-order valence-electron chi connectivity index (χ0n) is 17.3. The number of benzene rings is 1. The van der Waals surface area contributed by atoms with Crippen LogP contribution in [0.2, 0.25) is 0 Å². The lowest BCUT2D eigenvalue weighted by molar-refractivity contribution is -0.134. The Kier molecular flexibility index (Phi) is 5.90. The molecule has 6 heteroatoms. The minimum atomic E-state index is 0.170. The quantitative estimate of drug-likeness (QED) is 0.582. The second-order valence-corrected chi connectivity index (χ2v) is 9.31. The van der Waals surface area contributed by atoms with Crippen LogP contribution in [0.25, 0.3) is 11.0 Å². The van der Waals surface area contributed by atoms with Crippen LogP contribution in [-0.2, 0) is 17.1 Å². The molecule has 0 spiro atoms. The average Bonchev–Trinajstić information content (AvgIpc) is 3.03. The molecule has 152 valence electrons.